The molecule has 0 bridgehead atoms. The van der Waals surface area contributed by atoms with Crippen LogP contribution in [0.2, 0.25) is 5.02 Å². The molecule has 0 aromatic heterocycles. The van der Waals surface area contributed by atoms with Gasteiger partial charge in [-0.25, -0.2) is 0 Å². The molecule has 13 heavy (non-hydrogen) atoms. The van der Waals surface area contributed by atoms with Crippen molar-refractivity contribution in [3.05, 3.63) is 28.8 Å². The number of benzene rings is 1. The Kier molecular flexibility index (Phi) is 4.10. The fourth-order valence-corrected chi connectivity index (χ4v) is 2.00. The van der Waals surface area contributed by atoms with E-state index < -0.39 is 0 Å². The Labute approximate surface area is 88.9 Å². The maximum atomic E-state index is 6.08. The number of halogens is 1. The fraction of sp³-hybridized carbons (Fsp3) is 0.400. The highest BCUT2D eigenvalue weighted by atomic mass is 35.5. The van der Waals surface area contributed by atoms with Gasteiger partial charge in [-0.05, 0) is 37.9 Å². The zero-order valence-electron chi connectivity index (χ0n) is 8.10. The number of nitrogens with one attached hydrogen (secondary N) is 1. The van der Waals surface area contributed by atoms with E-state index in [1.807, 2.05) is 19.4 Å². The van der Waals surface area contributed by atoms with E-state index in [0.29, 0.717) is 6.04 Å². The molecule has 0 aliphatic carbocycles. The maximum absolute atomic E-state index is 6.08. The Bertz CT molecular complexity index is 288. The largest absolute Gasteiger partial charge is 0.313 e. The molecule has 0 spiro atoms. The van der Waals surface area contributed by atoms with Crippen LogP contribution in [-0.4, -0.2) is 13.3 Å². The highest BCUT2D eigenvalue weighted by Gasteiger charge is 2.05. The SMILES string of the molecule is CNC(C)c1ccc(SC)c(Cl)c1. The minimum absolute atomic E-state index is 0.355. The van der Waals surface area contributed by atoms with Crippen molar-refractivity contribution in [2.24, 2.45) is 0 Å². The highest BCUT2D eigenvalue weighted by Crippen LogP contribution is 2.27. The lowest BCUT2D eigenvalue weighted by Gasteiger charge is -2.11. The van der Waals surface area contributed by atoms with Gasteiger partial charge in [0.15, 0.2) is 0 Å². The van der Waals surface area contributed by atoms with Gasteiger partial charge < -0.3 is 5.32 Å². The summed E-state index contributed by atoms with van der Waals surface area (Å²) in [5.41, 5.74) is 1.23. The van der Waals surface area contributed by atoms with Gasteiger partial charge in [0.1, 0.15) is 0 Å². The molecule has 0 radical (unpaired) electrons. The van der Waals surface area contributed by atoms with Gasteiger partial charge in [0.05, 0.1) is 5.02 Å². The van der Waals surface area contributed by atoms with E-state index in [1.165, 1.54) is 5.56 Å². The Balaban J connectivity index is 2.95. The van der Waals surface area contributed by atoms with Crippen molar-refractivity contribution >= 4 is 23.4 Å². The third-order valence-electron chi connectivity index (χ3n) is 2.11. The van der Waals surface area contributed by atoms with Crippen LogP contribution in [0.25, 0.3) is 0 Å². The first-order valence-electron chi connectivity index (χ1n) is 4.19. The third-order valence-corrected chi connectivity index (χ3v) is 3.33. The summed E-state index contributed by atoms with van der Waals surface area (Å²) < 4.78 is 0. The zero-order valence-corrected chi connectivity index (χ0v) is 9.67. The molecule has 1 nitrogen and oxygen atoms in total. The Hall–Kier alpha value is -0.180. The summed E-state index contributed by atoms with van der Waals surface area (Å²) in [5, 5.41) is 4.02. The second-order valence-electron chi connectivity index (χ2n) is 2.90. The first-order chi connectivity index (χ1) is 6.19. The topological polar surface area (TPSA) is 12.0 Å². The van der Waals surface area contributed by atoms with E-state index >= 15 is 0 Å². The second kappa shape index (κ2) is 4.89. The second-order valence-corrected chi connectivity index (χ2v) is 4.16. The summed E-state index contributed by atoms with van der Waals surface area (Å²) in [7, 11) is 1.95. The molecule has 72 valence electrons. The summed E-state index contributed by atoms with van der Waals surface area (Å²) in [6.07, 6.45) is 2.03. The molecule has 0 aliphatic heterocycles. The Morgan fingerprint density at radius 1 is 1.46 bits per heavy atom. The predicted molar refractivity (Wildman–Crippen MR) is 60.7 cm³/mol. The van der Waals surface area contributed by atoms with Gasteiger partial charge in [0, 0.05) is 10.9 Å². The lowest BCUT2D eigenvalue weighted by atomic mass is 10.1. The first kappa shape index (κ1) is 10.9. The summed E-state index contributed by atoms with van der Waals surface area (Å²) >= 11 is 7.75. The van der Waals surface area contributed by atoms with Crippen LogP contribution in [0.5, 0.6) is 0 Å². The zero-order chi connectivity index (χ0) is 9.84. The molecule has 1 N–H and O–H groups in total. The molecule has 1 aromatic rings. The molecule has 1 rings (SSSR count). The van der Waals surface area contributed by atoms with E-state index in [9.17, 15) is 0 Å². The molecule has 0 aliphatic rings. The smallest absolute Gasteiger partial charge is 0.0545 e. The van der Waals surface area contributed by atoms with Gasteiger partial charge in [-0.3, -0.25) is 0 Å². The number of thioether (sulfide) groups is 1. The van der Waals surface area contributed by atoms with E-state index in [-0.39, 0.29) is 0 Å². The average Bonchev–Trinajstić information content (AvgIpc) is 2.16. The Morgan fingerprint density at radius 2 is 2.15 bits per heavy atom. The summed E-state index contributed by atoms with van der Waals surface area (Å²) in [5.74, 6) is 0. The third kappa shape index (κ3) is 2.63. The average molecular weight is 216 g/mol. The monoisotopic (exact) mass is 215 g/mol. The molecule has 0 amide bonds. The lowest BCUT2D eigenvalue weighted by molar-refractivity contribution is 0.652. The molecule has 1 aromatic carbocycles. The van der Waals surface area contributed by atoms with Crippen LogP contribution < -0.4 is 5.32 Å². The fourth-order valence-electron chi connectivity index (χ4n) is 1.12. The van der Waals surface area contributed by atoms with E-state index in [4.69, 9.17) is 11.6 Å². The standard InChI is InChI=1S/C10H14ClNS/c1-7(12-2)8-4-5-10(13-3)9(11)6-8/h4-7,12H,1-3H3. The van der Waals surface area contributed by atoms with Gasteiger partial charge >= 0.3 is 0 Å². The van der Waals surface area contributed by atoms with Gasteiger partial charge in [0.2, 0.25) is 0 Å². The van der Waals surface area contributed by atoms with Crippen molar-refractivity contribution in [2.45, 2.75) is 17.9 Å². The number of hydrogen-bond donors (Lipinski definition) is 1. The molecule has 3 heteroatoms. The number of hydrogen-bond acceptors (Lipinski definition) is 2. The molecular weight excluding hydrogens is 202 g/mol. The molecule has 0 saturated heterocycles. The minimum Gasteiger partial charge on any atom is -0.313 e. The molecule has 0 fully saturated rings. The number of rotatable bonds is 3. The van der Waals surface area contributed by atoms with Crippen LogP contribution in [0.4, 0.5) is 0 Å². The maximum Gasteiger partial charge on any atom is 0.0545 e. The van der Waals surface area contributed by atoms with Crippen LogP contribution in [0.1, 0.15) is 18.5 Å². The van der Waals surface area contributed by atoms with Gasteiger partial charge in [-0.15, -0.1) is 11.8 Å². The molecular formula is C10H14ClNS. The van der Waals surface area contributed by atoms with Crippen LogP contribution >= 0.6 is 23.4 Å². The minimum atomic E-state index is 0.355. The van der Waals surface area contributed by atoms with E-state index in [0.717, 1.165) is 9.92 Å². The molecule has 0 saturated carbocycles. The van der Waals surface area contributed by atoms with Gasteiger partial charge in [0.25, 0.3) is 0 Å². The van der Waals surface area contributed by atoms with Crippen molar-refractivity contribution in [2.75, 3.05) is 13.3 Å². The molecule has 1 atom stereocenters. The van der Waals surface area contributed by atoms with Crippen molar-refractivity contribution in [3.63, 3.8) is 0 Å². The first-order valence-corrected chi connectivity index (χ1v) is 5.80. The predicted octanol–water partition coefficient (Wildman–Crippen LogP) is 3.34. The van der Waals surface area contributed by atoms with Crippen LogP contribution in [0.15, 0.2) is 23.1 Å². The van der Waals surface area contributed by atoms with Gasteiger partial charge in [-0.2, -0.15) is 0 Å². The molecule has 1 unspecified atom stereocenters. The Morgan fingerprint density at radius 3 is 2.62 bits per heavy atom. The van der Waals surface area contributed by atoms with Gasteiger partial charge in [-0.1, -0.05) is 17.7 Å². The van der Waals surface area contributed by atoms with Crippen molar-refractivity contribution in [1.29, 1.82) is 0 Å². The summed E-state index contributed by atoms with van der Waals surface area (Å²) in [6, 6.07) is 6.55. The quantitative estimate of drug-likeness (QED) is 0.777. The van der Waals surface area contributed by atoms with E-state index in [1.54, 1.807) is 11.8 Å². The van der Waals surface area contributed by atoms with Crippen LogP contribution in [0, 0.1) is 0 Å². The summed E-state index contributed by atoms with van der Waals surface area (Å²) in [4.78, 5) is 1.13. The van der Waals surface area contributed by atoms with Crippen LogP contribution in [-0.2, 0) is 0 Å². The lowest BCUT2D eigenvalue weighted by Crippen LogP contribution is -2.12. The molecule has 0 heterocycles. The van der Waals surface area contributed by atoms with Crippen molar-refractivity contribution in [1.82, 2.24) is 5.32 Å². The van der Waals surface area contributed by atoms with Crippen molar-refractivity contribution in [3.8, 4) is 0 Å². The normalized spacial score (nSPS) is 12.9. The van der Waals surface area contributed by atoms with Crippen LogP contribution in [0.3, 0.4) is 0 Å². The summed E-state index contributed by atoms with van der Waals surface area (Å²) in [6.45, 7) is 2.12. The van der Waals surface area contributed by atoms with Crippen molar-refractivity contribution < 1.29 is 0 Å². The highest BCUT2D eigenvalue weighted by molar-refractivity contribution is 7.98. The van der Waals surface area contributed by atoms with E-state index in [2.05, 4.69) is 24.4 Å².